The molecule has 1 aliphatic heterocycles. The summed E-state index contributed by atoms with van der Waals surface area (Å²) in [7, 11) is 0. The van der Waals surface area contributed by atoms with Crippen molar-refractivity contribution < 1.29 is 0 Å². The van der Waals surface area contributed by atoms with E-state index in [4.69, 9.17) is 5.73 Å². The summed E-state index contributed by atoms with van der Waals surface area (Å²) in [6.45, 7) is 1.85. The smallest absolute Gasteiger partial charge is 0.207 e. The van der Waals surface area contributed by atoms with Crippen LogP contribution in [0.1, 0.15) is 11.4 Å². The first-order valence-electron chi connectivity index (χ1n) is 8.27. The van der Waals surface area contributed by atoms with Crippen molar-refractivity contribution in [1.29, 1.82) is 0 Å². The molecule has 0 amide bonds. The molecular formula is C19H22N8. The lowest BCUT2D eigenvalue weighted by Gasteiger charge is -2.25. The molecule has 1 aliphatic rings. The molecule has 8 nitrogen and oxygen atoms in total. The van der Waals surface area contributed by atoms with E-state index in [1.165, 1.54) is 0 Å². The maximum absolute atomic E-state index is 6.40. The fourth-order valence-electron chi connectivity index (χ4n) is 2.75. The van der Waals surface area contributed by atoms with Crippen LogP contribution in [-0.2, 0) is 5.79 Å². The molecule has 0 fully saturated rings. The predicted octanol–water partition coefficient (Wildman–Crippen LogP) is 2.81. The van der Waals surface area contributed by atoms with Crippen LogP contribution in [0.2, 0.25) is 0 Å². The van der Waals surface area contributed by atoms with Crippen LogP contribution < -0.4 is 27.6 Å². The lowest BCUT2D eigenvalue weighted by molar-refractivity contribution is 0.397. The van der Waals surface area contributed by atoms with Crippen LogP contribution in [0.15, 0.2) is 71.7 Å². The fraction of sp³-hybridized carbons (Fsp3) is 0.105. The van der Waals surface area contributed by atoms with Crippen LogP contribution in [0.4, 0.5) is 17.3 Å². The Balaban J connectivity index is 0.00000210. The van der Waals surface area contributed by atoms with E-state index >= 15 is 0 Å². The molecule has 0 spiro atoms. The van der Waals surface area contributed by atoms with Crippen molar-refractivity contribution in [1.82, 2.24) is 21.5 Å². The molecule has 8 heteroatoms. The van der Waals surface area contributed by atoms with Crippen molar-refractivity contribution in [2.24, 2.45) is 10.7 Å². The second kappa shape index (κ2) is 7.50. The molecule has 1 unspecified atom stereocenters. The van der Waals surface area contributed by atoms with Gasteiger partial charge >= 0.3 is 0 Å². The number of para-hydroxylation sites is 1. The Morgan fingerprint density at radius 3 is 2.37 bits per heavy atom. The number of hydrazine groups is 1. The summed E-state index contributed by atoms with van der Waals surface area (Å²) in [5.41, 5.74) is 11.4. The molecular weight excluding hydrogens is 340 g/mol. The molecule has 1 aromatic heterocycles. The van der Waals surface area contributed by atoms with Crippen molar-refractivity contribution >= 4 is 23.7 Å². The van der Waals surface area contributed by atoms with Gasteiger partial charge in [-0.25, -0.2) is 20.0 Å². The highest BCUT2D eigenvalue weighted by molar-refractivity contribution is 5.80. The number of aryl methyl sites for hydroxylation is 1. The molecule has 0 saturated carbocycles. The van der Waals surface area contributed by atoms with Gasteiger partial charge in [0.1, 0.15) is 18.0 Å². The SMILES string of the molecule is Cc1nc(Nc2ccccc2)cc(N2C=NC(N)(c3ccccc3)N2)n1.N. The lowest BCUT2D eigenvalue weighted by Crippen LogP contribution is -2.51. The van der Waals surface area contributed by atoms with Crippen LogP contribution in [0.3, 0.4) is 0 Å². The summed E-state index contributed by atoms with van der Waals surface area (Å²) in [4.78, 5) is 13.4. The van der Waals surface area contributed by atoms with E-state index in [2.05, 4.69) is 25.7 Å². The van der Waals surface area contributed by atoms with E-state index in [0.29, 0.717) is 17.5 Å². The Morgan fingerprint density at radius 2 is 1.67 bits per heavy atom. The number of hydrogen-bond donors (Lipinski definition) is 4. The highest BCUT2D eigenvalue weighted by atomic mass is 15.6. The summed E-state index contributed by atoms with van der Waals surface area (Å²) >= 11 is 0. The van der Waals surface area contributed by atoms with Crippen LogP contribution in [0.25, 0.3) is 0 Å². The molecule has 27 heavy (non-hydrogen) atoms. The van der Waals surface area contributed by atoms with Crippen molar-refractivity contribution in [3.63, 3.8) is 0 Å². The molecule has 7 N–H and O–H groups in total. The molecule has 4 rings (SSSR count). The van der Waals surface area contributed by atoms with E-state index in [0.717, 1.165) is 11.3 Å². The molecule has 0 saturated heterocycles. The zero-order valence-corrected chi connectivity index (χ0v) is 15.0. The molecule has 3 aromatic rings. The summed E-state index contributed by atoms with van der Waals surface area (Å²) in [5.74, 6) is 0.976. The molecule has 0 bridgehead atoms. The minimum Gasteiger partial charge on any atom is -0.344 e. The highest BCUT2D eigenvalue weighted by Crippen LogP contribution is 2.25. The minimum absolute atomic E-state index is 0. The molecule has 2 heterocycles. The Hall–Kier alpha value is -3.33. The molecule has 1 atom stereocenters. The maximum atomic E-state index is 6.40. The van der Waals surface area contributed by atoms with Gasteiger partial charge in [-0.05, 0) is 19.1 Å². The van der Waals surface area contributed by atoms with Crippen molar-refractivity contribution in [3.05, 3.63) is 78.1 Å². The zero-order chi connectivity index (χ0) is 18.0. The number of rotatable bonds is 4. The van der Waals surface area contributed by atoms with Gasteiger partial charge < -0.3 is 11.5 Å². The first-order chi connectivity index (χ1) is 12.6. The minimum atomic E-state index is -1.02. The number of benzene rings is 2. The molecule has 0 aliphatic carbocycles. The van der Waals surface area contributed by atoms with Crippen LogP contribution in [0.5, 0.6) is 0 Å². The monoisotopic (exact) mass is 362 g/mol. The van der Waals surface area contributed by atoms with Crippen LogP contribution >= 0.6 is 0 Å². The topological polar surface area (TPSA) is 126 Å². The molecule has 0 radical (unpaired) electrons. The molecule has 138 valence electrons. The lowest BCUT2D eigenvalue weighted by atomic mass is 10.1. The number of aromatic nitrogens is 2. The zero-order valence-electron chi connectivity index (χ0n) is 15.0. The van der Waals surface area contributed by atoms with E-state index in [-0.39, 0.29) is 6.15 Å². The first kappa shape index (κ1) is 18.5. The maximum Gasteiger partial charge on any atom is 0.207 e. The second-order valence-electron chi connectivity index (χ2n) is 6.01. The van der Waals surface area contributed by atoms with Gasteiger partial charge in [0, 0.05) is 17.3 Å². The number of hydrogen-bond acceptors (Lipinski definition) is 8. The largest absolute Gasteiger partial charge is 0.344 e. The van der Waals surface area contributed by atoms with Gasteiger partial charge in [-0.1, -0.05) is 48.5 Å². The third-order valence-corrected chi connectivity index (χ3v) is 4.00. The highest BCUT2D eigenvalue weighted by Gasteiger charge is 2.33. The quantitative estimate of drug-likeness (QED) is 0.562. The second-order valence-corrected chi connectivity index (χ2v) is 6.01. The number of anilines is 3. The number of aliphatic imine (C=N–C) groups is 1. The normalized spacial score (nSPS) is 18.2. The van der Waals surface area contributed by atoms with E-state index in [9.17, 15) is 0 Å². The Bertz CT molecular complexity index is 929. The fourth-order valence-corrected chi connectivity index (χ4v) is 2.75. The average Bonchev–Trinajstić information content (AvgIpc) is 3.07. The van der Waals surface area contributed by atoms with E-state index < -0.39 is 5.79 Å². The van der Waals surface area contributed by atoms with Crippen molar-refractivity contribution in [2.45, 2.75) is 12.7 Å². The Kier molecular flexibility index (Phi) is 5.13. The van der Waals surface area contributed by atoms with Crippen molar-refractivity contribution in [3.8, 4) is 0 Å². The summed E-state index contributed by atoms with van der Waals surface area (Å²) in [6.07, 6.45) is 1.64. The van der Waals surface area contributed by atoms with Crippen molar-refractivity contribution in [2.75, 3.05) is 10.3 Å². The number of nitrogens with one attached hydrogen (secondary N) is 2. The number of nitrogens with two attached hydrogens (primary N) is 1. The Morgan fingerprint density at radius 1 is 1.00 bits per heavy atom. The van der Waals surface area contributed by atoms with Gasteiger partial charge in [-0.15, -0.1) is 0 Å². The van der Waals surface area contributed by atoms with Gasteiger partial charge in [-0.3, -0.25) is 5.73 Å². The number of nitrogens with zero attached hydrogens (tertiary/aromatic N) is 4. The predicted molar refractivity (Wildman–Crippen MR) is 108 cm³/mol. The van der Waals surface area contributed by atoms with Gasteiger partial charge in [0.25, 0.3) is 0 Å². The van der Waals surface area contributed by atoms with Crippen LogP contribution in [-0.4, -0.2) is 16.3 Å². The van der Waals surface area contributed by atoms with Gasteiger partial charge in [0.2, 0.25) is 5.79 Å². The third-order valence-electron chi connectivity index (χ3n) is 4.00. The average molecular weight is 362 g/mol. The third kappa shape index (κ3) is 3.93. The summed E-state index contributed by atoms with van der Waals surface area (Å²) in [6, 6.07) is 21.4. The Labute approximate surface area is 157 Å². The van der Waals surface area contributed by atoms with Gasteiger partial charge in [0.05, 0.1) is 0 Å². The first-order valence-corrected chi connectivity index (χ1v) is 8.27. The molecule has 2 aromatic carbocycles. The summed E-state index contributed by atoms with van der Waals surface area (Å²) in [5, 5.41) is 4.99. The van der Waals surface area contributed by atoms with E-state index in [1.54, 1.807) is 11.3 Å². The van der Waals surface area contributed by atoms with Crippen LogP contribution in [0, 0.1) is 6.92 Å². The summed E-state index contributed by atoms with van der Waals surface area (Å²) < 4.78 is 0. The van der Waals surface area contributed by atoms with Gasteiger partial charge in [0.15, 0.2) is 5.82 Å². The standard InChI is InChI=1S/C19H19N7.H3N/c1-14-22-17(24-16-10-6-3-7-11-16)12-18(23-14)26-13-21-19(20,25-26)15-8-4-2-5-9-15;/h2-13,25H,20H2,1H3,(H,22,23,24);1H3. The van der Waals surface area contributed by atoms with Gasteiger partial charge in [-0.2, -0.15) is 5.43 Å². The van der Waals surface area contributed by atoms with E-state index in [1.807, 2.05) is 73.7 Å².